The monoisotopic (exact) mass is 215 g/mol. The highest BCUT2D eigenvalue weighted by molar-refractivity contribution is 6.55. The summed E-state index contributed by atoms with van der Waals surface area (Å²) in [5.41, 5.74) is 0.381. The van der Waals surface area contributed by atoms with Gasteiger partial charge in [-0.1, -0.05) is 47.5 Å². The molecule has 2 nitrogen and oxygen atoms in total. The van der Waals surface area contributed by atoms with E-state index in [-0.39, 0.29) is 11.1 Å². The van der Waals surface area contributed by atoms with Gasteiger partial charge in [0.2, 0.25) is 6.29 Å². The SMILES string of the molecule is O=[C]c1ccccc1C(=O)C(Cl)Cl. The number of carbonyl (C=O) groups is 1. The average Bonchev–Trinajstić information content (AvgIpc) is 2.16. The maximum absolute atomic E-state index is 11.3. The summed E-state index contributed by atoms with van der Waals surface area (Å²) >= 11 is 10.8. The van der Waals surface area contributed by atoms with Gasteiger partial charge in [-0.05, 0) is 0 Å². The number of rotatable bonds is 3. The first-order valence-electron chi connectivity index (χ1n) is 3.46. The highest BCUT2D eigenvalue weighted by Gasteiger charge is 2.17. The largest absolute Gasteiger partial charge is 0.291 e. The van der Waals surface area contributed by atoms with E-state index in [1.165, 1.54) is 12.1 Å². The topological polar surface area (TPSA) is 34.1 Å². The molecule has 0 heterocycles. The van der Waals surface area contributed by atoms with Gasteiger partial charge in [-0.25, -0.2) is 0 Å². The van der Waals surface area contributed by atoms with Crippen LogP contribution < -0.4 is 0 Å². The van der Waals surface area contributed by atoms with Crippen molar-refractivity contribution in [2.75, 3.05) is 0 Å². The second-order valence-corrected chi connectivity index (χ2v) is 3.41. The van der Waals surface area contributed by atoms with Crippen molar-refractivity contribution >= 4 is 35.3 Å². The average molecular weight is 216 g/mol. The molecule has 0 aromatic heterocycles. The quantitative estimate of drug-likeness (QED) is 0.572. The number of carbonyl (C=O) groups excluding carboxylic acids is 2. The molecule has 67 valence electrons. The number of alkyl halides is 2. The number of Topliss-reactive ketones (excluding diaryl/α,β-unsaturated/α-hetero) is 1. The minimum atomic E-state index is -1.14. The third-order valence-corrected chi connectivity index (χ3v) is 1.90. The molecule has 1 rings (SSSR count). The zero-order valence-corrected chi connectivity index (χ0v) is 7.97. The molecule has 0 spiro atoms. The molecule has 0 amide bonds. The molecule has 4 heteroatoms. The van der Waals surface area contributed by atoms with Gasteiger partial charge in [0, 0.05) is 11.1 Å². The van der Waals surface area contributed by atoms with Crippen LogP contribution in [0, 0.1) is 0 Å². The van der Waals surface area contributed by atoms with E-state index >= 15 is 0 Å². The molecule has 0 fully saturated rings. The number of benzene rings is 1. The van der Waals surface area contributed by atoms with Gasteiger partial charge in [0.05, 0.1) is 0 Å². The van der Waals surface area contributed by atoms with Crippen molar-refractivity contribution in [1.82, 2.24) is 0 Å². The predicted octanol–water partition coefficient (Wildman–Crippen LogP) is 2.13. The van der Waals surface area contributed by atoms with E-state index in [2.05, 4.69) is 0 Å². The minimum absolute atomic E-state index is 0.179. The van der Waals surface area contributed by atoms with Crippen molar-refractivity contribution in [3.8, 4) is 0 Å². The first-order chi connectivity index (χ1) is 6.16. The van der Waals surface area contributed by atoms with Gasteiger partial charge in [-0.2, -0.15) is 0 Å². The fourth-order valence-electron chi connectivity index (χ4n) is 0.905. The van der Waals surface area contributed by atoms with Gasteiger partial charge in [0.15, 0.2) is 10.6 Å². The Bertz CT molecular complexity index is 334. The second kappa shape index (κ2) is 4.40. The lowest BCUT2D eigenvalue weighted by Crippen LogP contribution is -2.10. The van der Waals surface area contributed by atoms with E-state index in [0.717, 1.165) is 0 Å². The van der Waals surface area contributed by atoms with Crippen LogP contribution in [0.1, 0.15) is 15.9 Å². The summed E-state index contributed by atoms with van der Waals surface area (Å²) in [6, 6.07) is 6.23. The highest BCUT2D eigenvalue weighted by atomic mass is 35.5. The Labute approximate surface area is 85.5 Å². The molecule has 0 unspecified atom stereocenters. The summed E-state index contributed by atoms with van der Waals surface area (Å²) < 4.78 is 0. The molecule has 0 bridgehead atoms. The Morgan fingerprint density at radius 3 is 2.46 bits per heavy atom. The lowest BCUT2D eigenvalue weighted by Gasteiger charge is -2.02. The maximum Gasteiger partial charge on any atom is 0.234 e. The molecular weight excluding hydrogens is 211 g/mol. The third kappa shape index (κ3) is 2.29. The van der Waals surface area contributed by atoms with Crippen molar-refractivity contribution in [1.29, 1.82) is 0 Å². The Balaban J connectivity index is 3.13. The lowest BCUT2D eigenvalue weighted by atomic mass is 10.1. The highest BCUT2D eigenvalue weighted by Crippen LogP contribution is 2.14. The van der Waals surface area contributed by atoms with Crippen molar-refractivity contribution in [2.24, 2.45) is 0 Å². The summed E-state index contributed by atoms with van der Waals surface area (Å²) in [7, 11) is 0. The molecule has 0 atom stereocenters. The summed E-state index contributed by atoms with van der Waals surface area (Å²) in [5, 5.41) is 0. The zero-order valence-electron chi connectivity index (χ0n) is 6.46. The smallest absolute Gasteiger partial charge is 0.234 e. The van der Waals surface area contributed by atoms with E-state index < -0.39 is 10.6 Å². The molecule has 13 heavy (non-hydrogen) atoms. The van der Waals surface area contributed by atoms with Gasteiger partial charge in [0.25, 0.3) is 0 Å². The summed E-state index contributed by atoms with van der Waals surface area (Å²) in [4.78, 5) is 20.5. The zero-order chi connectivity index (χ0) is 9.84. The fraction of sp³-hybridized carbons (Fsp3) is 0.111. The standard InChI is InChI=1S/C9H5Cl2O2/c10-9(11)8(13)7-4-2-1-3-6(7)5-12/h1-4,9H. The van der Waals surface area contributed by atoms with Gasteiger partial charge in [0.1, 0.15) is 0 Å². The number of hydrogen-bond donors (Lipinski definition) is 0. The van der Waals surface area contributed by atoms with E-state index in [1.54, 1.807) is 18.4 Å². The first kappa shape index (κ1) is 10.2. The van der Waals surface area contributed by atoms with Crippen LogP contribution in [0.25, 0.3) is 0 Å². The molecular formula is C9H5Cl2O2. The molecule has 0 saturated carbocycles. The summed E-state index contributed by atoms with van der Waals surface area (Å²) in [6.07, 6.45) is 1.64. The van der Waals surface area contributed by atoms with Crippen molar-refractivity contribution in [3.05, 3.63) is 35.4 Å². The van der Waals surface area contributed by atoms with E-state index in [1.807, 2.05) is 0 Å². The first-order valence-corrected chi connectivity index (χ1v) is 4.33. The van der Waals surface area contributed by atoms with Gasteiger partial charge in [-0.3, -0.25) is 9.59 Å². The second-order valence-electron chi connectivity index (χ2n) is 2.31. The third-order valence-electron chi connectivity index (χ3n) is 1.50. The van der Waals surface area contributed by atoms with Crippen LogP contribution in [0.2, 0.25) is 0 Å². The Morgan fingerprint density at radius 1 is 1.31 bits per heavy atom. The van der Waals surface area contributed by atoms with Crippen molar-refractivity contribution < 1.29 is 9.59 Å². The van der Waals surface area contributed by atoms with Crippen LogP contribution >= 0.6 is 23.2 Å². The predicted molar refractivity (Wildman–Crippen MR) is 51.1 cm³/mol. The Hall–Kier alpha value is -0.860. The maximum atomic E-state index is 11.3. The van der Waals surface area contributed by atoms with Crippen LogP contribution in [-0.2, 0) is 4.79 Å². The summed E-state index contributed by atoms with van der Waals surface area (Å²) in [6.45, 7) is 0. The molecule has 0 saturated heterocycles. The Morgan fingerprint density at radius 2 is 1.92 bits per heavy atom. The van der Waals surface area contributed by atoms with Crippen LogP contribution in [0.3, 0.4) is 0 Å². The van der Waals surface area contributed by atoms with Gasteiger partial charge >= 0.3 is 0 Å². The van der Waals surface area contributed by atoms with Gasteiger partial charge in [-0.15, -0.1) is 0 Å². The molecule has 0 aliphatic carbocycles. The number of ketones is 1. The Kier molecular flexibility index (Phi) is 3.46. The lowest BCUT2D eigenvalue weighted by molar-refractivity contribution is 0.101. The van der Waals surface area contributed by atoms with Crippen LogP contribution in [0.4, 0.5) is 0 Å². The van der Waals surface area contributed by atoms with Crippen molar-refractivity contribution in [3.63, 3.8) is 0 Å². The summed E-state index contributed by atoms with van der Waals surface area (Å²) in [5.74, 6) is -0.484. The molecule has 0 N–H and O–H groups in total. The molecule has 0 aliphatic heterocycles. The molecule has 1 radical (unpaired) electrons. The number of hydrogen-bond acceptors (Lipinski definition) is 2. The minimum Gasteiger partial charge on any atom is -0.291 e. The number of halogens is 2. The van der Waals surface area contributed by atoms with Crippen LogP contribution in [-0.4, -0.2) is 16.9 Å². The fourth-order valence-corrected chi connectivity index (χ4v) is 1.14. The van der Waals surface area contributed by atoms with Crippen LogP contribution in [0.15, 0.2) is 24.3 Å². The van der Waals surface area contributed by atoms with Crippen molar-refractivity contribution in [2.45, 2.75) is 4.84 Å². The molecule has 1 aromatic carbocycles. The van der Waals surface area contributed by atoms with Crippen LogP contribution in [0.5, 0.6) is 0 Å². The van der Waals surface area contributed by atoms with Gasteiger partial charge < -0.3 is 0 Å². The van der Waals surface area contributed by atoms with E-state index in [9.17, 15) is 9.59 Å². The van der Waals surface area contributed by atoms with E-state index in [0.29, 0.717) is 0 Å². The normalized spacial score (nSPS) is 10.1. The molecule has 0 aliphatic rings. The molecule has 1 aromatic rings. The van der Waals surface area contributed by atoms with E-state index in [4.69, 9.17) is 23.2 Å².